The van der Waals surface area contributed by atoms with Crippen LogP contribution in [0.5, 0.6) is 0 Å². The first-order valence-electron chi connectivity index (χ1n) is 8.53. The number of sulfonamides is 1. The summed E-state index contributed by atoms with van der Waals surface area (Å²) in [4.78, 5) is 14.8. The molecule has 0 aromatic carbocycles. The molecule has 8 heteroatoms. The number of amides is 1. The van der Waals surface area contributed by atoms with Crippen LogP contribution in [0.3, 0.4) is 0 Å². The molecule has 24 heavy (non-hydrogen) atoms. The Kier molecular flexibility index (Phi) is 6.00. The van der Waals surface area contributed by atoms with E-state index in [1.165, 1.54) is 28.5 Å². The van der Waals surface area contributed by atoms with E-state index in [0.717, 1.165) is 42.6 Å². The Morgan fingerprint density at radius 3 is 2.42 bits per heavy atom. The highest BCUT2D eigenvalue weighted by Gasteiger charge is 2.35. The molecule has 1 aromatic rings. The van der Waals surface area contributed by atoms with Gasteiger partial charge in [0.15, 0.2) is 0 Å². The zero-order chi connectivity index (χ0) is 17.2. The van der Waals surface area contributed by atoms with Gasteiger partial charge in [0.1, 0.15) is 4.21 Å². The first-order valence-corrected chi connectivity index (χ1v) is 11.6. The van der Waals surface area contributed by atoms with Crippen molar-refractivity contribution in [3.8, 4) is 0 Å². The Bertz CT molecular complexity index is 681. The Balaban J connectivity index is 1.70. The first kappa shape index (κ1) is 18.4. The summed E-state index contributed by atoms with van der Waals surface area (Å²) < 4.78 is 28.2. The Morgan fingerprint density at radius 2 is 1.79 bits per heavy atom. The summed E-state index contributed by atoms with van der Waals surface area (Å²) in [5, 5.41) is 0. The summed E-state index contributed by atoms with van der Waals surface area (Å²) in [6, 6.07) is 3.38. The molecule has 3 heterocycles. The van der Waals surface area contributed by atoms with E-state index in [1.807, 2.05) is 4.90 Å². The lowest BCUT2D eigenvalue weighted by Crippen LogP contribution is -2.46. The molecule has 134 valence electrons. The van der Waals surface area contributed by atoms with E-state index in [2.05, 4.69) is 15.9 Å². The molecule has 0 bridgehead atoms. The maximum absolute atomic E-state index is 12.8. The third kappa shape index (κ3) is 4.03. The highest BCUT2D eigenvalue weighted by Crippen LogP contribution is 2.31. The molecule has 1 aromatic heterocycles. The largest absolute Gasteiger partial charge is 0.342 e. The number of nitrogens with zero attached hydrogens (tertiary/aromatic N) is 2. The molecule has 2 saturated heterocycles. The zero-order valence-corrected chi connectivity index (χ0v) is 16.8. The van der Waals surface area contributed by atoms with Crippen molar-refractivity contribution < 1.29 is 13.2 Å². The van der Waals surface area contributed by atoms with Crippen molar-refractivity contribution in [1.82, 2.24) is 9.21 Å². The molecule has 2 aliphatic rings. The van der Waals surface area contributed by atoms with Gasteiger partial charge < -0.3 is 4.90 Å². The topological polar surface area (TPSA) is 57.7 Å². The Labute approximate surface area is 156 Å². The van der Waals surface area contributed by atoms with Crippen LogP contribution in [0.2, 0.25) is 0 Å². The molecule has 5 nitrogen and oxygen atoms in total. The third-order valence-corrected chi connectivity index (χ3v) is 8.75. The van der Waals surface area contributed by atoms with Gasteiger partial charge in [-0.15, -0.1) is 11.3 Å². The minimum Gasteiger partial charge on any atom is -0.342 e. The van der Waals surface area contributed by atoms with Crippen molar-refractivity contribution in [2.24, 2.45) is 5.92 Å². The number of hydrogen-bond acceptors (Lipinski definition) is 4. The molecule has 2 aliphatic heterocycles. The minimum atomic E-state index is -3.49. The molecule has 2 fully saturated rings. The van der Waals surface area contributed by atoms with Crippen LogP contribution in [-0.2, 0) is 14.8 Å². The fourth-order valence-electron chi connectivity index (χ4n) is 3.48. The molecule has 0 saturated carbocycles. The molecular weight excluding hydrogens is 412 g/mol. The van der Waals surface area contributed by atoms with Gasteiger partial charge in [0.25, 0.3) is 10.0 Å². The van der Waals surface area contributed by atoms with Gasteiger partial charge in [-0.25, -0.2) is 8.42 Å². The third-order valence-electron chi connectivity index (χ3n) is 4.79. The summed E-state index contributed by atoms with van der Waals surface area (Å²) in [6.45, 7) is 2.45. The molecule has 0 spiro atoms. The number of piperidine rings is 1. The summed E-state index contributed by atoms with van der Waals surface area (Å²) in [6.07, 6.45) is 6.02. The lowest BCUT2D eigenvalue weighted by Gasteiger charge is -2.33. The highest BCUT2D eigenvalue weighted by molar-refractivity contribution is 9.11. The van der Waals surface area contributed by atoms with Crippen LogP contribution in [-0.4, -0.2) is 49.7 Å². The van der Waals surface area contributed by atoms with Crippen LogP contribution in [0, 0.1) is 5.92 Å². The highest BCUT2D eigenvalue weighted by atomic mass is 79.9. The van der Waals surface area contributed by atoms with E-state index in [4.69, 9.17) is 0 Å². The number of halogens is 1. The number of carbonyl (C=O) groups is 1. The average molecular weight is 435 g/mol. The van der Waals surface area contributed by atoms with E-state index in [0.29, 0.717) is 17.3 Å². The van der Waals surface area contributed by atoms with Gasteiger partial charge in [-0.3, -0.25) is 4.79 Å². The molecule has 3 rings (SSSR count). The molecule has 0 radical (unpaired) electrons. The second-order valence-electron chi connectivity index (χ2n) is 6.50. The van der Waals surface area contributed by atoms with Crippen LogP contribution in [0.1, 0.15) is 38.5 Å². The van der Waals surface area contributed by atoms with Crippen molar-refractivity contribution in [2.45, 2.75) is 42.7 Å². The normalized spacial score (nSPS) is 23.9. The zero-order valence-electron chi connectivity index (χ0n) is 13.6. The number of rotatable bonds is 3. The number of carbonyl (C=O) groups excluding carboxylic acids is 1. The van der Waals surface area contributed by atoms with Gasteiger partial charge in [0.05, 0.1) is 9.70 Å². The van der Waals surface area contributed by atoms with E-state index >= 15 is 0 Å². The van der Waals surface area contributed by atoms with Crippen LogP contribution >= 0.6 is 27.3 Å². The fraction of sp³-hybridized carbons (Fsp3) is 0.688. The minimum absolute atomic E-state index is 0.143. The molecule has 0 N–H and O–H groups in total. The number of likely N-dealkylation sites (tertiary alicyclic amines) is 1. The van der Waals surface area contributed by atoms with E-state index in [1.54, 1.807) is 12.1 Å². The predicted molar refractivity (Wildman–Crippen MR) is 98.5 cm³/mol. The fourth-order valence-corrected chi connectivity index (χ4v) is 7.16. The van der Waals surface area contributed by atoms with Crippen molar-refractivity contribution in [3.05, 3.63) is 15.9 Å². The first-order chi connectivity index (χ1) is 11.5. The lowest BCUT2D eigenvalue weighted by molar-refractivity contribution is -0.136. The van der Waals surface area contributed by atoms with Crippen LogP contribution < -0.4 is 0 Å². The van der Waals surface area contributed by atoms with Gasteiger partial charge in [0.2, 0.25) is 5.91 Å². The molecule has 0 aliphatic carbocycles. The van der Waals surface area contributed by atoms with Crippen LogP contribution in [0.25, 0.3) is 0 Å². The van der Waals surface area contributed by atoms with Crippen molar-refractivity contribution in [1.29, 1.82) is 0 Å². The Morgan fingerprint density at radius 1 is 1.08 bits per heavy atom. The molecular formula is C16H23BrN2O3S2. The summed E-state index contributed by atoms with van der Waals surface area (Å²) in [5.41, 5.74) is 0. The summed E-state index contributed by atoms with van der Waals surface area (Å²) >= 11 is 4.54. The standard InChI is InChI=1S/C16H23BrN2O3S2/c17-14-7-8-15(23-14)24(21,22)19-11-5-6-13(12-19)16(20)18-9-3-1-2-4-10-18/h7-8,13H,1-6,9-12H2/t13-/m0/s1. The maximum atomic E-state index is 12.8. The summed E-state index contributed by atoms with van der Waals surface area (Å²) in [5.74, 6) is -0.0563. The van der Waals surface area contributed by atoms with Crippen LogP contribution in [0.15, 0.2) is 20.1 Å². The van der Waals surface area contributed by atoms with Gasteiger partial charge >= 0.3 is 0 Å². The van der Waals surface area contributed by atoms with Crippen LogP contribution in [0.4, 0.5) is 0 Å². The molecule has 0 unspecified atom stereocenters. The van der Waals surface area contributed by atoms with E-state index < -0.39 is 10.0 Å². The summed E-state index contributed by atoms with van der Waals surface area (Å²) in [7, 11) is -3.49. The van der Waals surface area contributed by atoms with Gasteiger partial charge in [-0.2, -0.15) is 4.31 Å². The van der Waals surface area contributed by atoms with Gasteiger partial charge in [-0.05, 0) is 53.7 Å². The van der Waals surface area contributed by atoms with Crippen molar-refractivity contribution in [3.63, 3.8) is 0 Å². The van der Waals surface area contributed by atoms with Gasteiger partial charge in [-0.1, -0.05) is 12.8 Å². The maximum Gasteiger partial charge on any atom is 0.252 e. The van der Waals surface area contributed by atoms with Crippen molar-refractivity contribution >= 4 is 43.2 Å². The molecule has 1 amide bonds. The SMILES string of the molecule is O=C([C@H]1CCCN(S(=O)(=O)c2ccc(Br)s2)C1)N1CCCCCC1. The quantitative estimate of drug-likeness (QED) is 0.732. The van der Waals surface area contributed by atoms with Crippen molar-refractivity contribution in [2.75, 3.05) is 26.2 Å². The monoisotopic (exact) mass is 434 g/mol. The Hall–Kier alpha value is -0.440. The number of thiophene rings is 1. The number of hydrogen-bond donors (Lipinski definition) is 0. The van der Waals surface area contributed by atoms with Gasteiger partial charge in [0, 0.05) is 26.2 Å². The second-order valence-corrected chi connectivity index (χ2v) is 11.1. The average Bonchev–Trinajstić information content (AvgIpc) is 2.86. The smallest absolute Gasteiger partial charge is 0.252 e. The van der Waals surface area contributed by atoms with E-state index in [-0.39, 0.29) is 11.8 Å². The second kappa shape index (κ2) is 7.85. The lowest BCUT2D eigenvalue weighted by atomic mass is 9.98. The predicted octanol–water partition coefficient (Wildman–Crippen LogP) is 3.31. The van der Waals surface area contributed by atoms with E-state index in [9.17, 15) is 13.2 Å². The molecule has 1 atom stereocenters.